The molecule has 1 unspecified atom stereocenters. The number of carbonyl (C=O) groups excluding carboxylic acids is 2. The molecule has 170 valence electrons. The number of anilines is 1. The van der Waals surface area contributed by atoms with Crippen molar-refractivity contribution in [2.75, 3.05) is 18.4 Å². The van der Waals surface area contributed by atoms with Crippen LogP contribution in [0.4, 0.5) is 5.82 Å². The third-order valence-corrected chi connectivity index (χ3v) is 6.46. The zero-order valence-electron chi connectivity index (χ0n) is 18.8. The number of hydrogen-bond acceptors (Lipinski definition) is 6. The molecule has 2 aliphatic rings. The summed E-state index contributed by atoms with van der Waals surface area (Å²) in [6.07, 6.45) is 11.0. The van der Waals surface area contributed by atoms with Crippen LogP contribution in [0.3, 0.4) is 0 Å². The first kappa shape index (κ1) is 21.3. The van der Waals surface area contributed by atoms with E-state index in [1.807, 2.05) is 10.6 Å². The zero-order chi connectivity index (χ0) is 22.8. The van der Waals surface area contributed by atoms with Crippen molar-refractivity contribution in [1.82, 2.24) is 24.4 Å². The molecule has 8 heteroatoms. The molecule has 5 heterocycles. The average Bonchev–Trinajstić information content (AvgIpc) is 3.26. The van der Waals surface area contributed by atoms with Crippen molar-refractivity contribution in [1.29, 1.82) is 0 Å². The van der Waals surface area contributed by atoms with Crippen molar-refractivity contribution in [3.05, 3.63) is 71.2 Å². The second kappa shape index (κ2) is 9.13. The smallest absolute Gasteiger partial charge is 0.271 e. The molecule has 0 aromatic carbocycles. The molecule has 5 rings (SSSR count). The Morgan fingerprint density at radius 2 is 2.03 bits per heavy atom. The Balaban J connectivity index is 1.31. The van der Waals surface area contributed by atoms with E-state index in [9.17, 15) is 9.59 Å². The lowest BCUT2D eigenvalue weighted by molar-refractivity contribution is -0.118. The standard InChI is InChI=1S/C25H28N6O2/c1-17(32)11-22(20-13-26-16-27-14-20)31-10-9-30-15-18(12-23(30)25(31)33)4-6-21-7-5-19-3-2-8-28-24(19)29-21/h5,7,12-16,22H,2-4,6,8-11H2,1H3,(H,28,29). The Morgan fingerprint density at radius 1 is 1.18 bits per heavy atom. The third-order valence-electron chi connectivity index (χ3n) is 6.46. The highest BCUT2D eigenvalue weighted by Crippen LogP contribution is 2.29. The number of pyridine rings is 1. The summed E-state index contributed by atoms with van der Waals surface area (Å²) in [5, 5.41) is 3.39. The number of Topliss-reactive ketones (excluding diaryl/α,β-unsaturated/α-hetero) is 1. The van der Waals surface area contributed by atoms with E-state index in [2.05, 4.69) is 33.6 Å². The van der Waals surface area contributed by atoms with Crippen LogP contribution in [0.5, 0.6) is 0 Å². The lowest BCUT2D eigenvalue weighted by Gasteiger charge is -2.35. The molecule has 3 aromatic rings. The Morgan fingerprint density at radius 3 is 2.85 bits per heavy atom. The first-order chi connectivity index (χ1) is 16.1. The van der Waals surface area contributed by atoms with Gasteiger partial charge in [-0.15, -0.1) is 0 Å². The van der Waals surface area contributed by atoms with Gasteiger partial charge in [-0.25, -0.2) is 15.0 Å². The van der Waals surface area contributed by atoms with Crippen molar-refractivity contribution < 1.29 is 9.59 Å². The number of nitrogens with one attached hydrogen (secondary N) is 1. The van der Waals surface area contributed by atoms with Crippen molar-refractivity contribution in [3.63, 3.8) is 0 Å². The molecule has 0 radical (unpaired) electrons. The van der Waals surface area contributed by atoms with E-state index in [1.165, 1.54) is 11.9 Å². The molecule has 8 nitrogen and oxygen atoms in total. The molecule has 1 amide bonds. The molecule has 0 fully saturated rings. The fourth-order valence-corrected chi connectivity index (χ4v) is 4.78. The molecule has 3 aromatic heterocycles. The number of hydrogen-bond donors (Lipinski definition) is 1. The van der Waals surface area contributed by atoms with E-state index in [0.29, 0.717) is 18.8 Å². The SMILES string of the molecule is CC(=O)CC(c1cncnc1)N1CCn2cc(CCc3ccc4c(n3)NCCC4)cc2C1=O. The van der Waals surface area contributed by atoms with Gasteiger partial charge < -0.3 is 14.8 Å². The first-order valence-corrected chi connectivity index (χ1v) is 11.6. The predicted molar refractivity (Wildman–Crippen MR) is 124 cm³/mol. The van der Waals surface area contributed by atoms with Crippen LogP contribution >= 0.6 is 0 Å². The number of nitrogens with zero attached hydrogens (tertiary/aromatic N) is 5. The number of rotatable bonds is 7. The quantitative estimate of drug-likeness (QED) is 0.602. The van der Waals surface area contributed by atoms with Gasteiger partial charge in [0.1, 0.15) is 23.6 Å². The summed E-state index contributed by atoms with van der Waals surface area (Å²) in [7, 11) is 0. The highest BCUT2D eigenvalue weighted by Gasteiger charge is 2.32. The topological polar surface area (TPSA) is 93.0 Å². The molecule has 0 bridgehead atoms. The number of amides is 1. The minimum absolute atomic E-state index is 0.0327. The van der Waals surface area contributed by atoms with Gasteiger partial charge in [-0.05, 0) is 55.9 Å². The Bertz CT molecular complexity index is 1170. The van der Waals surface area contributed by atoms with E-state index < -0.39 is 0 Å². The highest BCUT2D eigenvalue weighted by molar-refractivity contribution is 5.94. The summed E-state index contributed by atoms with van der Waals surface area (Å²) >= 11 is 0. The summed E-state index contributed by atoms with van der Waals surface area (Å²) in [5.41, 5.74) is 4.93. The number of fused-ring (bicyclic) bond motifs is 2. The number of aryl methyl sites for hydroxylation is 3. The van der Waals surface area contributed by atoms with E-state index in [-0.39, 0.29) is 24.2 Å². The second-order valence-corrected chi connectivity index (χ2v) is 8.86. The van der Waals surface area contributed by atoms with Gasteiger partial charge in [0.25, 0.3) is 5.91 Å². The van der Waals surface area contributed by atoms with Crippen LogP contribution in [-0.4, -0.2) is 49.2 Å². The lowest BCUT2D eigenvalue weighted by atomic mass is 10.0. The lowest BCUT2D eigenvalue weighted by Crippen LogP contribution is -2.42. The van der Waals surface area contributed by atoms with Crippen LogP contribution < -0.4 is 5.32 Å². The van der Waals surface area contributed by atoms with E-state index in [1.54, 1.807) is 24.2 Å². The maximum absolute atomic E-state index is 13.4. The maximum atomic E-state index is 13.4. The van der Waals surface area contributed by atoms with Gasteiger partial charge >= 0.3 is 0 Å². The molecule has 0 saturated heterocycles. The molecule has 2 aliphatic heterocycles. The van der Waals surface area contributed by atoms with Gasteiger partial charge in [-0.3, -0.25) is 9.59 Å². The zero-order valence-corrected chi connectivity index (χ0v) is 18.8. The molecule has 0 saturated carbocycles. The number of aromatic nitrogens is 4. The monoisotopic (exact) mass is 444 g/mol. The average molecular weight is 445 g/mol. The van der Waals surface area contributed by atoms with Crippen molar-refractivity contribution >= 4 is 17.5 Å². The van der Waals surface area contributed by atoms with Gasteiger partial charge in [0.15, 0.2) is 0 Å². The van der Waals surface area contributed by atoms with Gasteiger partial charge in [-0.1, -0.05) is 6.07 Å². The van der Waals surface area contributed by atoms with Crippen molar-refractivity contribution in [3.8, 4) is 0 Å². The summed E-state index contributed by atoms with van der Waals surface area (Å²) in [5.74, 6) is 0.992. The van der Waals surface area contributed by atoms with Gasteiger partial charge in [0.2, 0.25) is 0 Å². The summed E-state index contributed by atoms with van der Waals surface area (Å²) in [6.45, 7) is 3.78. The molecule has 1 N–H and O–H groups in total. The number of carbonyl (C=O) groups is 2. The predicted octanol–water partition coefficient (Wildman–Crippen LogP) is 2.99. The Kier molecular flexibility index (Phi) is 5.90. The van der Waals surface area contributed by atoms with E-state index in [4.69, 9.17) is 4.98 Å². The molecule has 0 aliphatic carbocycles. The normalized spacial score (nSPS) is 16.0. The minimum atomic E-state index is -0.351. The van der Waals surface area contributed by atoms with Crippen molar-refractivity contribution in [2.24, 2.45) is 0 Å². The van der Waals surface area contributed by atoms with E-state index in [0.717, 1.165) is 54.9 Å². The van der Waals surface area contributed by atoms with E-state index >= 15 is 0 Å². The summed E-state index contributed by atoms with van der Waals surface area (Å²) in [4.78, 5) is 40.1. The molecular formula is C25H28N6O2. The van der Waals surface area contributed by atoms with Gasteiger partial charge in [0.05, 0.1) is 6.04 Å². The Hall–Kier alpha value is -3.55. The fourth-order valence-electron chi connectivity index (χ4n) is 4.78. The van der Waals surface area contributed by atoms with Gasteiger partial charge in [0, 0.05) is 55.9 Å². The van der Waals surface area contributed by atoms with Crippen molar-refractivity contribution in [2.45, 2.75) is 51.6 Å². The second-order valence-electron chi connectivity index (χ2n) is 8.86. The number of ketones is 1. The minimum Gasteiger partial charge on any atom is -0.370 e. The molecule has 33 heavy (non-hydrogen) atoms. The van der Waals surface area contributed by atoms with Crippen LogP contribution in [0.25, 0.3) is 0 Å². The van der Waals surface area contributed by atoms with Crippen LogP contribution in [0.15, 0.2) is 43.1 Å². The molecule has 1 atom stereocenters. The Labute approximate surface area is 193 Å². The summed E-state index contributed by atoms with van der Waals surface area (Å²) < 4.78 is 2.03. The first-order valence-electron chi connectivity index (χ1n) is 11.6. The molecular weight excluding hydrogens is 416 g/mol. The summed E-state index contributed by atoms with van der Waals surface area (Å²) in [6, 6.07) is 5.93. The van der Waals surface area contributed by atoms with Crippen LogP contribution in [0.1, 0.15) is 58.7 Å². The highest BCUT2D eigenvalue weighted by atomic mass is 16.2. The largest absolute Gasteiger partial charge is 0.370 e. The van der Waals surface area contributed by atoms with Crippen LogP contribution in [-0.2, 0) is 30.6 Å². The van der Waals surface area contributed by atoms with Crippen LogP contribution in [0.2, 0.25) is 0 Å². The van der Waals surface area contributed by atoms with Gasteiger partial charge in [-0.2, -0.15) is 0 Å². The maximum Gasteiger partial charge on any atom is 0.271 e. The third kappa shape index (κ3) is 4.51. The fraction of sp³-hybridized carbons (Fsp3) is 0.400. The molecule has 0 spiro atoms. The van der Waals surface area contributed by atoms with Crippen LogP contribution in [0, 0.1) is 0 Å².